The Morgan fingerprint density at radius 1 is 0.952 bits per heavy atom. The minimum atomic E-state index is -1.26. The number of carboxylic acid groups (broad SMARTS) is 3. The van der Waals surface area contributed by atoms with Crippen LogP contribution in [0.25, 0.3) is 0 Å². The SMILES string of the molecule is CN(C)CCOC(=O)CCC(=O)O.O=C(O)/C=C\C(=O)O. The Kier molecular flexibility index (Phi) is 12.5. The number of nitrogens with zero attached hydrogens (tertiary/aromatic N) is 1. The number of carboxylic acids is 3. The van der Waals surface area contributed by atoms with Crippen LogP contribution >= 0.6 is 0 Å². The van der Waals surface area contributed by atoms with Crippen LogP contribution in [0, 0.1) is 0 Å². The van der Waals surface area contributed by atoms with Gasteiger partial charge in [0.15, 0.2) is 0 Å². The van der Waals surface area contributed by atoms with Crippen molar-refractivity contribution in [2.75, 3.05) is 27.2 Å². The number of carbonyl (C=O) groups is 4. The molecular weight excluding hydrogens is 286 g/mol. The lowest BCUT2D eigenvalue weighted by atomic mass is 10.3. The number of hydrogen-bond donors (Lipinski definition) is 3. The number of likely N-dealkylation sites (N-methyl/N-ethyl adjacent to an activating group) is 1. The van der Waals surface area contributed by atoms with E-state index in [1.165, 1.54) is 0 Å². The standard InChI is InChI=1S/C8H15NO4.C4H4O4/c1-9(2)5-6-13-8(12)4-3-7(10)11;5-3(6)1-2-4(7)8/h3-6H2,1-2H3,(H,10,11);1-2H,(H,5,6)(H,7,8)/b;2-1-. The number of esters is 1. The lowest BCUT2D eigenvalue weighted by Crippen LogP contribution is -2.20. The molecule has 0 fully saturated rings. The minimum Gasteiger partial charge on any atom is -0.481 e. The molecule has 21 heavy (non-hydrogen) atoms. The van der Waals surface area contributed by atoms with Crippen molar-refractivity contribution in [2.45, 2.75) is 12.8 Å². The van der Waals surface area contributed by atoms with Gasteiger partial charge in [-0.2, -0.15) is 0 Å². The van der Waals surface area contributed by atoms with Crippen molar-refractivity contribution >= 4 is 23.9 Å². The van der Waals surface area contributed by atoms with Gasteiger partial charge in [0.1, 0.15) is 6.61 Å². The molecule has 0 aliphatic rings. The van der Waals surface area contributed by atoms with E-state index in [0.29, 0.717) is 25.3 Å². The third-order valence-corrected chi connectivity index (χ3v) is 1.71. The number of ether oxygens (including phenoxy) is 1. The lowest BCUT2D eigenvalue weighted by molar-refractivity contribution is -0.147. The highest BCUT2D eigenvalue weighted by atomic mass is 16.5. The van der Waals surface area contributed by atoms with Gasteiger partial charge in [-0.3, -0.25) is 9.59 Å². The van der Waals surface area contributed by atoms with Gasteiger partial charge < -0.3 is 25.0 Å². The summed E-state index contributed by atoms with van der Waals surface area (Å²) in [6.07, 6.45) is 0.897. The summed E-state index contributed by atoms with van der Waals surface area (Å²) in [6, 6.07) is 0. The van der Waals surface area contributed by atoms with Crippen LogP contribution in [0.3, 0.4) is 0 Å². The maximum atomic E-state index is 10.8. The van der Waals surface area contributed by atoms with E-state index < -0.39 is 23.9 Å². The molecule has 0 rings (SSSR count). The molecule has 0 amide bonds. The molecule has 0 bridgehead atoms. The first-order valence-electron chi connectivity index (χ1n) is 5.81. The van der Waals surface area contributed by atoms with Gasteiger partial charge in [-0.05, 0) is 14.1 Å². The number of carbonyl (C=O) groups excluding carboxylic acids is 1. The fraction of sp³-hybridized carbons (Fsp3) is 0.500. The maximum absolute atomic E-state index is 10.8. The Bertz CT molecular complexity index is 373. The highest BCUT2D eigenvalue weighted by Gasteiger charge is 2.05. The average Bonchev–Trinajstić information content (AvgIpc) is 2.34. The van der Waals surface area contributed by atoms with Crippen LogP contribution in [-0.4, -0.2) is 71.3 Å². The van der Waals surface area contributed by atoms with Crippen molar-refractivity contribution in [3.8, 4) is 0 Å². The molecule has 0 aromatic rings. The van der Waals surface area contributed by atoms with E-state index in [2.05, 4.69) is 0 Å². The van der Waals surface area contributed by atoms with Crippen molar-refractivity contribution < 1.29 is 39.2 Å². The molecule has 0 aromatic heterocycles. The summed E-state index contributed by atoms with van der Waals surface area (Å²) >= 11 is 0. The Morgan fingerprint density at radius 3 is 1.76 bits per heavy atom. The average molecular weight is 305 g/mol. The normalized spacial score (nSPS) is 9.86. The molecule has 0 unspecified atom stereocenters. The molecule has 0 aliphatic heterocycles. The third-order valence-electron chi connectivity index (χ3n) is 1.71. The molecular formula is C12H19NO8. The zero-order valence-electron chi connectivity index (χ0n) is 11.8. The van der Waals surface area contributed by atoms with Gasteiger partial charge in [-0.1, -0.05) is 0 Å². The topological polar surface area (TPSA) is 141 Å². The largest absolute Gasteiger partial charge is 0.481 e. The molecule has 3 N–H and O–H groups in total. The number of aliphatic carboxylic acids is 3. The third kappa shape index (κ3) is 23.1. The van der Waals surface area contributed by atoms with Gasteiger partial charge in [0.05, 0.1) is 12.8 Å². The first-order chi connectivity index (χ1) is 9.65. The molecule has 0 spiro atoms. The molecule has 9 heteroatoms. The van der Waals surface area contributed by atoms with Gasteiger partial charge >= 0.3 is 23.9 Å². The zero-order valence-corrected chi connectivity index (χ0v) is 11.8. The second-order valence-corrected chi connectivity index (χ2v) is 3.93. The maximum Gasteiger partial charge on any atom is 0.328 e. The first kappa shape index (κ1) is 20.9. The van der Waals surface area contributed by atoms with E-state index in [9.17, 15) is 19.2 Å². The summed E-state index contributed by atoms with van der Waals surface area (Å²) in [5, 5.41) is 23.9. The van der Waals surface area contributed by atoms with E-state index >= 15 is 0 Å². The lowest BCUT2D eigenvalue weighted by Gasteiger charge is -2.09. The van der Waals surface area contributed by atoms with Crippen LogP contribution in [0.4, 0.5) is 0 Å². The van der Waals surface area contributed by atoms with Crippen molar-refractivity contribution in [1.29, 1.82) is 0 Å². The van der Waals surface area contributed by atoms with Gasteiger partial charge in [-0.15, -0.1) is 0 Å². The highest BCUT2D eigenvalue weighted by Crippen LogP contribution is 1.92. The monoisotopic (exact) mass is 305 g/mol. The van der Waals surface area contributed by atoms with Crippen LogP contribution in [0.15, 0.2) is 12.2 Å². The van der Waals surface area contributed by atoms with E-state index in [1.807, 2.05) is 19.0 Å². The summed E-state index contributed by atoms with van der Waals surface area (Å²) in [5.74, 6) is -3.95. The second kappa shape index (κ2) is 12.6. The first-order valence-corrected chi connectivity index (χ1v) is 5.81. The molecule has 120 valence electrons. The van der Waals surface area contributed by atoms with E-state index in [0.717, 1.165) is 0 Å². The van der Waals surface area contributed by atoms with Gasteiger partial charge in [0, 0.05) is 18.7 Å². The van der Waals surface area contributed by atoms with Crippen molar-refractivity contribution in [2.24, 2.45) is 0 Å². The van der Waals surface area contributed by atoms with Gasteiger partial charge in [0.2, 0.25) is 0 Å². The van der Waals surface area contributed by atoms with Gasteiger partial charge in [0.25, 0.3) is 0 Å². The fourth-order valence-electron chi connectivity index (χ4n) is 0.766. The summed E-state index contributed by atoms with van der Waals surface area (Å²) in [6.45, 7) is 0.963. The van der Waals surface area contributed by atoms with Crippen molar-refractivity contribution in [3.63, 3.8) is 0 Å². The molecule has 0 aliphatic carbocycles. The summed E-state index contributed by atoms with van der Waals surface area (Å²) in [4.78, 5) is 41.9. The highest BCUT2D eigenvalue weighted by molar-refractivity contribution is 5.89. The predicted octanol–water partition coefficient (Wildman–Crippen LogP) is -0.332. The summed E-state index contributed by atoms with van der Waals surface area (Å²) in [5.41, 5.74) is 0. The van der Waals surface area contributed by atoms with Crippen LogP contribution < -0.4 is 0 Å². The Balaban J connectivity index is 0. The van der Waals surface area contributed by atoms with Crippen LogP contribution in [0.1, 0.15) is 12.8 Å². The molecule has 0 atom stereocenters. The van der Waals surface area contributed by atoms with E-state index in [1.54, 1.807) is 0 Å². The zero-order chi connectivity index (χ0) is 16.8. The number of rotatable bonds is 8. The Labute approximate surface area is 121 Å². The summed E-state index contributed by atoms with van der Waals surface area (Å²) in [7, 11) is 3.73. The van der Waals surface area contributed by atoms with Crippen molar-refractivity contribution in [3.05, 3.63) is 12.2 Å². The number of hydrogen-bond acceptors (Lipinski definition) is 6. The second-order valence-electron chi connectivity index (χ2n) is 3.93. The molecule has 9 nitrogen and oxygen atoms in total. The molecule has 0 saturated heterocycles. The molecule has 0 saturated carbocycles. The van der Waals surface area contributed by atoms with Crippen LogP contribution in [0.5, 0.6) is 0 Å². The van der Waals surface area contributed by atoms with E-state index in [-0.39, 0.29) is 12.8 Å². The van der Waals surface area contributed by atoms with Crippen LogP contribution in [-0.2, 0) is 23.9 Å². The minimum absolute atomic E-state index is 0.0528. The van der Waals surface area contributed by atoms with Crippen LogP contribution in [0.2, 0.25) is 0 Å². The van der Waals surface area contributed by atoms with E-state index in [4.69, 9.17) is 20.1 Å². The van der Waals surface area contributed by atoms with Gasteiger partial charge in [-0.25, -0.2) is 9.59 Å². The molecule has 0 radical (unpaired) electrons. The fourth-order valence-corrected chi connectivity index (χ4v) is 0.766. The Hall–Kier alpha value is -2.42. The quantitative estimate of drug-likeness (QED) is 0.405. The summed E-state index contributed by atoms with van der Waals surface area (Å²) < 4.78 is 4.76. The van der Waals surface area contributed by atoms with Crippen molar-refractivity contribution in [1.82, 2.24) is 4.90 Å². The predicted molar refractivity (Wildman–Crippen MR) is 70.8 cm³/mol. The Morgan fingerprint density at radius 2 is 1.43 bits per heavy atom. The smallest absolute Gasteiger partial charge is 0.328 e. The molecule has 0 aromatic carbocycles. The molecule has 0 heterocycles.